The minimum Gasteiger partial charge on any atom is -0.490 e. The number of rotatable bonds is 19. The molecule has 4 aliphatic rings. The molecule has 6 atom stereocenters. The maximum absolute atomic E-state index is 14.1. The van der Waals surface area contributed by atoms with Crippen LogP contribution in [0.5, 0.6) is 23.0 Å². The second-order valence-electron chi connectivity index (χ2n) is 14.1. The lowest BCUT2D eigenvalue weighted by atomic mass is 9.55. The molecular weight excluding hydrogens is 692 g/mol. The van der Waals surface area contributed by atoms with Crippen LogP contribution in [0.3, 0.4) is 0 Å². The molecule has 2 aromatic rings. The summed E-state index contributed by atoms with van der Waals surface area (Å²) in [5, 5.41) is 24.4. The second kappa shape index (κ2) is 18.2. The van der Waals surface area contributed by atoms with Gasteiger partial charge in [-0.3, -0.25) is 4.90 Å². The molecule has 0 saturated heterocycles. The summed E-state index contributed by atoms with van der Waals surface area (Å²) in [5.41, 5.74) is 3.45. The van der Waals surface area contributed by atoms with E-state index in [0.717, 1.165) is 42.4 Å². The molecule has 0 bridgehead atoms. The number of benzene rings is 2. The van der Waals surface area contributed by atoms with Crippen molar-refractivity contribution in [2.75, 3.05) is 46.9 Å². The van der Waals surface area contributed by atoms with Crippen LogP contribution in [0.2, 0.25) is 0 Å². The Morgan fingerprint density at radius 1 is 1.00 bits per heavy atom. The average Bonchev–Trinajstić information content (AvgIpc) is 3.67. The number of methoxy groups -OCH3 is 1. The summed E-state index contributed by atoms with van der Waals surface area (Å²) in [6.45, 7) is 11.1. The molecule has 2 aliphatic heterocycles. The zero-order valence-electron chi connectivity index (χ0n) is 31.5. The number of ether oxygens (including phenoxy) is 6. The van der Waals surface area contributed by atoms with Crippen molar-refractivity contribution < 1.29 is 48.3 Å². The van der Waals surface area contributed by atoms with Crippen LogP contribution in [-0.4, -0.2) is 85.7 Å². The van der Waals surface area contributed by atoms with Crippen LogP contribution >= 0.6 is 0 Å². The van der Waals surface area contributed by atoms with Gasteiger partial charge in [-0.25, -0.2) is 4.79 Å². The van der Waals surface area contributed by atoms with E-state index < -0.39 is 23.8 Å². The van der Waals surface area contributed by atoms with Crippen LogP contribution < -0.4 is 18.9 Å². The van der Waals surface area contributed by atoms with Gasteiger partial charge in [0.15, 0.2) is 11.5 Å². The van der Waals surface area contributed by atoms with Gasteiger partial charge in [0.25, 0.3) is 0 Å². The Morgan fingerprint density at radius 2 is 1.76 bits per heavy atom. The molecule has 2 aromatic carbocycles. The number of aliphatic hydroxyl groups excluding tert-OH is 2. The first kappa shape index (κ1) is 39.2. The normalized spacial score (nSPS) is 25.4. The number of hydrogen-bond donors (Lipinski definition) is 2. The minimum absolute atomic E-state index is 0.0838. The maximum atomic E-state index is 14.1. The highest BCUT2D eigenvalue weighted by Crippen LogP contribution is 2.62. The Balaban J connectivity index is 1.58. The van der Waals surface area contributed by atoms with E-state index in [-0.39, 0.29) is 57.3 Å². The molecule has 1 saturated carbocycles. The molecule has 2 N–H and O–H groups in total. The predicted molar refractivity (Wildman–Crippen MR) is 203 cm³/mol. The Labute approximate surface area is 317 Å². The molecule has 1 amide bonds. The van der Waals surface area contributed by atoms with Gasteiger partial charge in [-0.1, -0.05) is 48.9 Å². The fourth-order valence-electron chi connectivity index (χ4n) is 8.69. The smallest absolute Gasteiger partial charge is 0.410 e. The fraction of sp³-hybridized carbons (Fsp3) is 0.524. The van der Waals surface area contributed by atoms with E-state index in [2.05, 4.69) is 25.3 Å². The van der Waals surface area contributed by atoms with Crippen LogP contribution in [0.15, 0.2) is 78.5 Å². The van der Waals surface area contributed by atoms with Gasteiger partial charge in [-0.15, -0.1) is 6.58 Å². The Bertz CT molecular complexity index is 1690. The average molecular weight is 747 g/mol. The summed E-state index contributed by atoms with van der Waals surface area (Å²) in [5.74, 6) is 0.722. The van der Waals surface area contributed by atoms with Gasteiger partial charge in [0.1, 0.15) is 30.8 Å². The minimum atomic E-state index is -1.41. The van der Waals surface area contributed by atoms with Crippen LogP contribution in [0.4, 0.5) is 4.79 Å². The molecule has 0 aromatic heterocycles. The number of carbonyl (C=O) groups is 1. The lowest BCUT2D eigenvalue weighted by Crippen LogP contribution is -2.70. The van der Waals surface area contributed by atoms with Crippen molar-refractivity contribution in [3.63, 3.8) is 0 Å². The number of hydrogen-bond acceptors (Lipinski definition) is 11. The van der Waals surface area contributed by atoms with Crippen LogP contribution in [0, 0.1) is 17.8 Å². The Kier molecular flexibility index (Phi) is 13.2. The van der Waals surface area contributed by atoms with E-state index in [1.807, 2.05) is 37.3 Å². The molecule has 0 spiro atoms. The molecule has 2 heterocycles. The number of fused-ring (bicyclic) bond motifs is 3. The van der Waals surface area contributed by atoms with Gasteiger partial charge in [0.05, 0.1) is 25.3 Å². The zero-order valence-corrected chi connectivity index (χ0v) is 31.5. The van der Waals surface area contributed by atoms with Crippen molar-refractivity contribution in [1.82, 2.24) is 4.90 Å². The van der Waals surface area contributed by atoms with Crippen molar-refractivity contribution >= 4 is 11.8 Å². The summed E-state index contributed by atoms with van der Waals surface area (Å²) in [4.78, 5) is 21.6. The third-order valence-electron chi connectivity index (χ3n) is 10.9. The molecule has 0 radical (unpaired) electrons. The van der Waals surface area contributed by atoms with Gasteiger partial charge in [0, 0.05) is 37.7 Å². The standard InChI is InChI=1S/C42H54N2O10/c1-5-20-49-30-15-17-35-33(24-30)39-31(13-9-11-19-46)29(12-8-10-18-45)23-32-34(43-53-7-3)25-38(42(54-35,40(32)39)52-21-6-2)44(41(47)48-4)26-28-14-16-36-37(22-28)51-27-50-36/h5-6,14-17,22-24,29,31,38-40,45-46H,1-2,7-13,18-21,25-27H2,3-4H3. The molecule has 6 unspecified atom stereocenters. The number of allylic oxidation sites excluding steroid dienone is 1. The van der Waals surface area contributed by atoms with Crippen molar-refractivity contribution in [3.05, 3.63) is 84.5 Å². The molecule has 6 rings (SSSR count). The van der Waals surface area contributed by atoms with E-state index in [1.165, 1.54) is 7.11 Å². The van der Waals surface area contributed by atoms with Crippen molar-refractivity contribution in [2.24, 2.45) is 22.9 Å². The SMILES string of the molecule is C=CCOc1ccc2c(c1)C1C(CCCCO)C(CCCCO)C=C3C(=NOCC)CC(N(Cc4ccc5c(c4)OCO5)C(=O)OC)C(OCC=C)(O2)C31. The van der Waals surface area contributed by atoms with Crippen LogP contribution in [0.1, 0.15) is 68.9 Å². The largest absolute Gasteiger partial charge is 0.490 e. The highest BCUT2D eigenvalue weighted by atomic mass is 16.7. The van der Waals surface area contributed by atoms with E-state index in [1.54, 1.807) is 17.1 Å². The van der Waals surface area contributed by atoms with Crippen LogP contribution in [-0.2, 0) is 20.9 Å². The fourth-order valence-corrected chi connectivity index (χ4v) is 8.69. The zero-order chi connectivity index (χ0) is 38.1. The third kappa shape index (κ3) is 7.97. The lowest BCUT2D eigenvalue weighted by Gasteiger charge is -2.59. The number of carbonyl (C=O) groups excluding carboxylic acids is 1. The first-order valence-corrected chi connectivity index (χ1v) is 19.1. The third-order valence-corrected chi connectivity index (χ3v) is 10.9. The molecule has 12 nitrogen and oxygen atoms in total. The van der Waals surface area contributed by atoms with Crippen molar-refractivity contribution in [1.29, 1.82) is 0 Å². The molecule has 292 valence electrons. The number of oxime groups is 1. The summed E-state index contributed by atoms with van der Waals surface area (Å²) >= 11 is 0. The summed E-state index contributed by atoms with van der Waals surface area (Å²) in [6.07, 6.45) is 10.1. The Morgan fingerprint density at radius 3 is 2.50 bits per heavy atom. The molecule has 1 fully saturated rings. The number of nitrogens with zero attached hydrogens (tertiary/aromatic N) is 2. The van der Waals surface area contributed by atoms with Crippen LogP contribution in [0.25, 0.3) is 0 Å². The first-order chi connectivity index (χ1) is 26.4. The second-order valence-corrected chi connectivity index (χ2v) is 14.1. The van der Waals surface area contributed by atoms with Gasteiger partial charge in [-0.05, 0) is 85.9 Å². The highest BCUT2D eigenvalue weighted by molar-refractivity contribution is 6.03. The quantitative estimate of drug-likeness (QED) is 0.0887. The number of amides is 1. The van der Waals surface area contributed by atoms with Crippen molar-refractivity contribution in [2.45, 2.75) is 76.2 Å². The van der Waals surface area contributed by atoms with Gasteiger partial charge >= 0.3 is 6.09 Å². The summed E-state index contributed by atoms with van der Waals surface area (Å²) in [7, 11) is 1.37. The molecule has 2 aliphatic carbocycles. The Hall–Kier alpha value is -4.52. The number of aliphatic hydroxyl groups is 2. The molecule has 12 heteroatoms. The maximum Gasteiger partial charge on any atom is 0.410 e. The van der Waals surface area contributed by atoms with E-state index in [0.29, 0.717) is 54.8 Å². The van der Waals surface area contributed by atoms with E-state index in [9.17, 15) is 15.0 Å². The monoisotopic (exact) mass is 746 g/mol. The summed E-state index contributed by atoms with van der Waals surface area (Å²) < 4.78 is 37.0. The van der Waals surface area contributed by atoms with E-state index in [4.69, 9.17) is 38.4 Å². The lowest BCUT2D eigenvalue weighted by molar-refractivity contribution is -0.256. The van der Waals surface area contributed by atoms with E-state index >= 15 is 0 Å². The highest BCUT2D eigenvalue weighted by Gasteiger charge is 2.65. The first-order valence-electron chi connectivity index (χ1n) is 19.1. The van der Waals surface area contributed by atoms with Crippen molar-refractivity contribution in [3.8, 4) is 23.0 Å². The molecular formula is C42H54N2O10. The molecule has 54 heavy (non-hydrogen) atoms. The van der Waals surface area contributed by atoms with Gasteiger partial charge in [0.2, 0.25) is 12.6 Å². The van der Waals surface area contributed by atoms with Gasteiger partial charge in [-0.2, -0.15) is 0 Å². The predicted octanol–water partition coefficient (Wildman–Crippen LogP) is 6.90. The summed E-state index contributed by atoms with van der Waals surface area (Å²) in [6, 6.07) is 10.7. The number of unbranched alkanes of at least 4 members (excludes halogenated alkanes) is 2. The topological polar surface area (TPSA) is 138 Å². The van der Waals surface area contributed by atoms with Gasteiger partial charge < -0.3 is 43.5 Å².